The van der Waals surface area contributed by atoms with E-state index in [1.54, 1.807) is 4.57 Å². The zero-order valence-corrected chi connectivity index (χ0v) is 12.6. The maximum absolute atomic E-state index is 11.6. The number of ether oxygens (including phenoxy) is 1. The first kappa shape index (κ1) is 15.1. The maximum Gasteiger partial charge on any atom is 0.354 e. The number of esters is 1. The molecule has 0 unspecified atom stereocenters. The SMILES string of the molecule is CC[C@]1(CO)CCCN1Cc1cc(C(=O)OC)n(C)c1. The van der Waals surface area contributed by atoms with E-state index in [-0.39, 0.29) is 18.1 Å². The van der Waals surface area contributed by atoms with Gasteiger partial charge in [-0.25, -0.2) is 4.79 Å². The summed E-state index contributed by atoms with van der Waals surface area (Å²) in [6.07, 6.45) is 5.06. The smallest absolute Gasteiger partial charge is 0.354 e. The number of aliphatic hydroxyl groups is 1. The molecule has 5 heteroatoms. The van der Waals surface area contributed by atoms with Crippen LogP contribution in [0.4, 0.5) is 0 Å². The van der Waals surface area contributed by atoms with Crippen molar-refractivity contribution in [2.24, 2.45) is 7.05 Å². The number of aromatic nitrogens is 1. The molecule has 1 atom stereocenters. The lowest BCUT2D eigenvalue weighted by Crippen LogP contribution is -2.45. The third kappa shape index (κ3) is 2.60. The normalized spacial score (nSPS) is 23.2. The summed E-state index contributed by atoms with van der Waals surface area (Å²) < 4.78 is 6.57. The van der Waals surface area contributed by atoms with Gasteiger partial charge in [-0.1, -0.05) is 6.92 Å². The van der Waals surface area contributed by atoms with Gasteiger partial charge in [0.05, 0.1) is 13.7 Å². The first-order valence-electron chi connectivity index (χ1n) is 7.16. The van der Waals surface area contributed by atoms with Gasteiger partial charge in [-0.3, -0.25) is 4.90 Å². The van der Waals surface area contributed by atoms with Gasteiger partial charge in [-0.05, 0) is 37.4 Å². The van der Waals surface area contributed by atoms with Gasteiger partial charge in [0.15, 0.2) is 0 Å². The second kappa shape index (κ2) is 5.97. The van der Waals surface area contributed by atoms with Crippen molar-refractivity contribution >= 4 is 5.97 Å². The molecule has 20 heavy (non-hydrogen) atoms. The van der Waals surface area contributed by atoms with Crippen LogP contribution in [-0.2, 0) is 18.3 Å². The topological polar surface area (TPSA) is 54.7 Å². The van der Waals surface area contributed by atoms with Gasteiger partial charge in [0.25, 0.3) is 0 Å². The number of hydrogen-bond acceptors (Lipinski definition) is 4. The number of rotatable bonds is 5. The summed E-state index contributed by atoms with van der Waals surface area (Å²) in [6.45, 7) is 4.08. The van der Waals surface area contributed by atoms with Gasteiger partial charge in [0, 0.05) is 25.3 Å². The highest BCUT2D eigenvalue weighted by molar-refractivity contribution is 5.87. The number of likely N-dealkylation sites (tertiary alicyclic amines) is 1. The standard InChI is InChI=1S/C15H24N2O3/c1-4-15(11-18)6-5-7-17(15)10-12-8-13(14(19)20-3)16(2)9-12/h8-9,18H,4-7,10-11H2,1-3H3/t15-/m1/s1. The summed E-state index contributed by atoms with van der Waals surface area (Å²) in [5, 5.41) is 9.73. The van der Waals surface area contributed by atoms with E-state index in [1.165, 1.54) is 7.11 Å². The molecule has 2 rings (SSSR count). The van der Waals surface area contributed by atoms with Gasteiger partial charge in [0.2, 0.25) is 0 Å². The first-order valence-corrected chi connectivity index (χ1v) is 7.16. The summed E-state index contributed by atoms with van der Waals surface area (Å²) in [4.78, 5) is 14.0. The molecule has 1 aromatic rings. The van der Waals surface area contributed by atoms with Crippen molar-refractivity contribution in [3.63, 3.8) is 0 Å². The molecule has 2 heterocycles. The summed E-state index contributed by atoms with van der Waals surface area (Å²) in [5.74, 6) is -0.316. The van der Waals surface area contributed by atoms with E-state index in [9.17, 15) is 9.90 Å². The molecule has 1 saturated heterocycles. The van der Waals surface area contributed by atoms with Crippen molar-refractivity contribution in [2.75, 3.05) is 20.3 Å². The van der Waals surface area contributed by atoms with Crippen LogP contribution in [-0.4, -0.2) is 46.3 Å². The molecule has 0 spiro atoms. The Labute approximate surface area is 120 Å². The Morgan fingerprint density at radius 2 is 2.30 bits per heavy atom. The molecule has 0 aromatic carbocycles. The fourth-order valence-corrected chi connectivity index (χ4v) is 3.18. The third-order valence-corrected chi connectivity index (χ3v) is 4.52. The number of carbonyl (C=O) groups is 1. The monoisotopic (exact) mass is 280 g/mol. The molecular weight excluding hydrogens is 256 g/mol. The fourth-order valence-electron chi connectivity index (χ4n) is 3.18. The Morgan fingerprint density at radius 1 is 1.55 bits per heavy atom. The van der Waals surface area contributed by atoms with Crippen molar-refractivity contribution < 1.29 is 14.6 Å². The maximum atomic E-state index is 11.6. The molecule has 1 aliphatic heterocycles. The van der Waals surface area contributed by atoms with E-state index < -0.39 is 0 Å². The van der Waals surface area contributed by atoms with E-state index >= 15 is 0 Å². The lowest BCUT2D eigenvalue weighted by Gasteiger charge is -2.36. The van der Waals surface area contributed by atoms with E-state index in [2.05, 4.69) is 11.8 Å². The number of hydrogen-bond donors (Lipinski definition) is 1. The first-order chi connectivity index (χ1) is 9.56. The minimum absolute atomic E-state index is 0.0960. The van der Waals surface area contributed by atoms with Crippen molar-refractivity contribution in [1.82, 2.24) is 9.47 Å². The molecule has 1 aromatic heterocycles. The summed E-state index contributed by atoms with van der Waals surface area (Å²) in [5.41, 5.74) is 1.55. The number of aryl methyl sites for hydroxylation is 1. The second-order valence-electron chi connectivity index (χ2n) is 5.60. The van der Waals surface area contributed by atoms with Crippen molar-refractivity contribution in [2.45, 2.75) is 38.3 Å². The van der Waals surface area contributed by atoms with Crippen LogP contribution in [0.1, 0.15) is 42.2 Å². The van der Waals surface area contributed by atoms with E-state index in [1.807, 2.05) is 19.3 Å². The minimum Gasteiger partial charge on any atom is -0.464 e. The molecule has 1 N–H and O–H groups in total. The number of carbonyl (C=O) groups excluding carboxylic acids is 1. The Hall–Kier alpha value is -1.33. The van der Waals surface area contributed by atoms with E-state index in [4.69, 9.17) is 4.74 Å². The molecule has 0 amide bonds. The Kier molecular flexibility index (Phi) is 4.50. The molecule has 112 valence electrons. The predicted octanol–water partition coefficient (Wildman–Crippen LogP) is 1.55. The highest BCUT2D eigenvalue weighted by atomic mass is 16.5. The van der Waals surface area contributed by atoms with Gasteiger partial charge in [-0.2, -0.15) is 0 Å². The molecular formula is C15H24N2O3. The largest absolute Gasteiger partial charge is 0.464 e. The van der Waals surface area contributed by atoms with Gasteiger partial charge < -0.3 is 14.4 Å². The summed E-state index contributed by atoms with van der Waals surface area (Å²) in [7, 11) is 3.24. The highest BCUT2D eigenvalue weighted by Crippen LogP contribution is 2.33. The quantitative estimate of drug-likeness (QED) is 0.831. The number of aliphatic hydroxyl groups excluding tert-OH is 1. The van der Waals surface area contributed by atoms with Gasteiger partial charge in [-0.15, -0.1) is 0 Å². The third-order valence-electron chi connectivity index (χ3n) is 4.52. The summed E-state index contributed by atoms with van der Waals surface area (Å²) >= 11 is 0. The second-order valence-corrected chi connectivity index (χ2v) is 5.60. The van der Waals surface area contributed by atoms with Crippen LogP contribution in [0.2, 0.25) is 0 Å². The molecule has 0 saturated carbocycles. The van der Waals surface area contributed by atoms with Crippen molar-refractivity contribution in [1.29, 1.82) is 0 Å². The Morgan fingerprint density at radius 3 is 2.90 bits per heavy atom. The summed E-state index contributed by atoms with van der Waals surface area (Å²) in [6, 6.07) is 1.88. The van der Waals surface area contributed by atoms with Crippen LogP contribution in [0, 0.1) is 0 Å². The average molecular weight is 280 g/mol. The Bertz CT molecular complexity index is 477. The van der Waals surface area contributed by atoms with Crippen LogP contribution in [0.15, 0.2) is 12.3 Å². The molecule has 1 aliphatic rings. The van der Waals surface area contributed by atoms with Crippen LogP contribution in [0.25, 0.3) is 0 Å². The lowest BCUT2D eigenvalue weighted by molar-refractivity contribution is 0.0548. The van der Waals surface area contributed by atoms with Crippen molar-refractivity contribution in [3.8, 4) is 0 Å². The lowest BCUT2D eigenvalue weighted by atomic mass is 9.94. The molecule has 1 fully saturated rings. The number of methoxy groups -OCH3 is 1. The van der Waals surface area contributed by atoms with Gasteiger partial charge in [0.1, 0.15) is 5.69 Å². The minimum atomic E-state index is -0.316. The zero-order chi connectivity index (χ0) is 14.8. The van der Waals surface area contributed by atoms with Crippen LogP contribution < -0.4 is 0 Å². The van der Waals surface area contributed by atoms with Crippen LogP contribution >= 0.6 is 0 Å². The Balaban J connectivity index is 2.16. The van der Waals surface area contributed by atoms with Gasteiger partial charge >= 0.3 is 5.97 Å². The molecule has 0 bridgehead atoms. The predicted molar refractivity (Wildman–Crippen MR) is 76.5 cm³/mol. The van der Waals surface area contributed by atoms with E-state index in [0.29, 0.717) is 5.69 Å². The van der Waals surface area contributed by atoms with E-state index in [0.717, 1.165) is 37.9 Å². The zero-order valence-electron chi connectivity index (χ0n) is 12.6. The van der Waals surface area contributed by atoms with Crippen LogP contribution in [0.3, 0.4) is 0 Å². The van der Waals surface area contributed by atoms with Crippen LogP contribution in [0.5, 0.6) is 0 Å². The highest BCUT2D eigenvalue weighted by Gasteiger charge is 2.38. The number of nitrogens with zero attached hydrogens (tertiary/aromatic N) is 2. The molecule has 5 nitrogen and oxygen atoms in total. The fraction of sp³-hybridized carbons (Fsp3) is 0.667. The molecule has 0 radical (unpaired) electrons. The molecule has 0 aliphatic carbocycles. The van der Waals surface area contributed by atoms with Crippen molar-refractivity contribution in [3.05, 3.63) is 23.5 Å². The average Bonchev–Trinajstić information content (AvgIpc) is 3.02.